The fraction of sp³-hybridized carbons (Fsp3) is 0.381. The van der Waals surface area contributed by atoms with Gasteiger partial charge in [-0.25, -0.2) is 8.42 Å². The Bertz CT molecular complexity index is 877. The molecule has 0 aromatic heterocycles. The monoisotopic (exact) mass is 388 g/mol. The largest absolute Gasteiger partial charge is 0.350 e. The summed E-state index contributed by atoms with van der Waals surface area (Å²) in [6.45, 7) is 6.16. The Labute approximate surface area is 162 Å². The Balaban J connectivity index is 1.92. The van der Waals surface area contributed by atoms with E-state index in [1.165, 1.54) is 16.1 Å². The first-order valence-electron chi connectivity index (χ1n) is 9.07. The van der Waals surface area contributed by atoms with Crippen LogP contribution >= 0.6 is 0 Å². The van der Waals surface area contributed by atoms with E-state index in [1.807, 2.05) is 63.2 Å². The summed E-state index contributed by atoms with van der Waals surface area (Å²) in [6, 6.07) is 15.3. The van der Waals surface area contributed by atoms with Gasteiger partial charge in [-0.3, -0.25) is 9.10 Å². The van der Waals surface area contributed by atoms with Gasteiger partial charge in [0.25, 0.3) is 0 Å². The van der Waals surface area contributed by atoms with Crippen molar-refractivity contribution in [3.8, 4) is 0 Å². The van der Waals surface area contributed by atoms with Gasteiger partial charge in [0, 0.05) is 13.0 Å². The highest BCUT2D eigenvalue weighted by molar-refractivity contribution is 7.92. The van der Waals surface area contributed by atoms with Gasteiger partial charge in [-0.1, -0.05) is 42.0 Å². The van der Waals surface area contributed by atoms with Crippen molar-refractivity contribution in [3.63, 3.8) is 0 Å². The summed E-state index contributed by atoms with van der Waals surface area (Å²) in [7, 11) is -3.40. The quantitative estimate of drug-likeness (QED) is 0.749. The van der Waals surface area contributed by atoms with Gasteiger partial charge in [0.1, 0.15) is 0 Å². The highest BCUT2D eigenvalue weighted by atomic mass is 32.2. The standard InChI is InChI=1S/C21H28N2O3S/c1-16-10-12-19(13-11-16)18(3)22-21(24)9-6-14-23(27(4,25)26)20-8-5-7-17(2)15-20/h5,7-8,10-13,15,18H,6,9,14H2,1-4H3,(H,22,24)/t18-/m1/s1. The zero-order valence-corrected chi connectivity index (χ0v) is 17.2. The number of sulfonamides is 1. The van der Waals surface area contributed by atoms with Gasteiger partial charge in [-0.15, -0.1) is 0 Å². The van der Waals surface area contributed by atoms with Crippen LogP contribution < -0.4 is 9.62 Å². The molecule has 0 saturated carbocycles. The lowest BCUT2D eigenvalue weighted by Crippen LogP contribution is -2.32. The number of hydrogen-bond donors (Lipinski definition) is 1. The SMILES string of the molecule is Cc1ccc([C@@H](C)NC(=O)CCCN(c2cccc(C)c2)S(C)(=O)=O)cc1. The van der Waals surface area contributed by atoms with Gasteiger partial charge in [0.15, 0.2) is 0 Å². The van der Waals surface area contributed by atoms with E-state index in [2.05, 4.69) is 5.32 Å². The molecule has 0 spiro atoms. The maximum Gasteiger partial charge on any atom is 0.232 e. The van der Waals surface area contributed by atoms with Crippen molar-refractivity contribution in [3.05, 3.63) is 65.2 Å². The average molecular weight is 389 g/mol. The molecule has 2 aromatic carbocycles. The molecule has 1 amide bonds. The highest BCUT2D eigenvalue weighted by Gasteiger charge is 2.18. The second-order valence-electron chi connectivity index (χ2n) is 6.98. The molecule has 6 heteroatoms. The molecule has 0 heterocycles. The lowest BCUT2D eigenvalue weighted by Gasteiger charge is -2.23. The predicted molar refractivity (Wildman–Crippen MR) is 110 cm³/mol. The van der Waals surface area contributed by atoms with E-state index >= 15 is 0 Å². The molecule has 0 saturated heterocycles. The number of benzene rings is 2. The molecule has 0 aliphatic carbocycles. The first kappa shape index (κ1) is 21.0. The average Bonchev–Trinajstić information content (AvgIpc) is 2.58. The Kier molecular flexibility index (Phi) is 7.02. The second kappa shape index (κ2) is 9.04. The molecule has 0 fully saturated rings. The molecular formula is C21H28N2O3S. The van der Waals surface area contributed by atoms with Crippen LogP contribution in [0.5, 0.6) is 0 Å². The number of carbonyl (C=O) groups is 1. The molecule has 0 aliphatic rings. The van der Waals surface area contributed by atoms with Crippen LogP contribution in [-0.2, 0) is 14.8 Å². The number of anilines is 1. The van der Waals surface area contributed by atoms with Gasteiger partial charge in [-0.05, 0) is 50.5 Å². The van der Waals surface area contributed by atoms with E-state index in [-0.39, 0.29) is 24.9 Å². The van der Waals surface area contributed by atoms with E-state index in [0.29, 0.717) is 12.1 Å². The van der Waals surface area contributed by atoms with E-state index in [9.17, 15) is 13.2 Å². The van der Waals surface area contributed by atoms with Gasteiger partial charge in [0.05, 0.1) is 18.0 Å². The molecule has 0 unspecified atom stereocenters. The molecule has 1 atom stereocenters. The van der Waals surface area contributed by atoms with E-state index in [1.54, 1.807) is 6.07 Å². The van der Waals surface area contributed by atoms with Crippen LogP contribution in [0.25, 0.3) is 0 Å². The number of amides is 1. The number of carbonyl (C=O) groups excluding carboxylic acids is 1. The highest BCUT2D eigenvalue weighted by Crippen LogP contribution is 2.20. The van der Waals surface area contributed by atoms with Crippen LogP contribution in [0.1, 0.15) is 42.5 Å². The molecule has 1 N–H and O–H groups in total. The molecular weight excluding hydrogens is 360 g/mol. The van der Waals surface area contributed by atoms with Crippen molar-refractivity contribution < 1.29 is 13.2 Å². The molecule has 0 bridgehead atoms. The fourth-order valence-corrected chi connectivity index (χ4v) is 3.86. The summed E-state index contributed by atoms with van der Waals surface area (Å²) in [5.74, 6) is -0.0826. The number of rotatable bonds is 8. The summed E-state index contributed by atoms with van der Waals surface area (Å²) in [6.07, 6.45) is 1.91. The number of nitrogens with one attached hydrogen (secondary N) is 1. The van der Waals surface area contributed by atoms with Crippen LogP contribution in [0.15, 0.2) is 48.5 Å². The smallest absolute Gasteiger partial charge is 0.232 e. The van der Waals surface area contributed by atoms with Gasteiger partial charge < -0.3 is 5.32 Å². The van der Waals surface area contributed by atoms with E-state index in [4.69, 9.17) is 0 Å². The van der Waals surface area contributed by atoms with Gasteiger partial charge in [-0.2, -0.15) is 0 Å². The Morgan fingerprint density at radius 2 is 1.74 bits per heavy atom. The first-order valence-corrected chi connectivity index (χ1v) is 10.9. The minimum absolute atomic E-state index is 0.0825. The summed E-state index contributed by atoms with van der Waals surface area (Å²) in [5.41, 5.74) is 3.84. The van der Waals surface area contributed by atoms with Crippen molar-refractivity contribution in [2.24, 2.45) is 0 Å². The second-order valence-corrected chi connectivity index (χ2v) is 8.88. The lowest BCUT2D eigenvalue weighted by molar-refractivity contribution is -0.121. The first-order chi connectivity index (χ1) is 12.7. The molecule has 2 aromatic rings. The molecule has 0 radical (unpaired) electrons. The number of nitrogens with zero attached hydrogens (tertiary/aromatic N) is 1. The van der Waals surface area contributed by atoms with Crippen molar-refractivity contribution in [2.45, 2.75) is 39.7 Å². The fourth-order valence-electron chi connectivity index (χ4n) is 2.90. The van der Waals surface area contributed by atoms with Crippen molar-refractivity contribution in [1.29, 1.82) is 0 Å². The summed E-state index contributed by atoms with van der Waals surface area (Å²) < 4.78 is 25.6. The van der Waals surface area contributed by atoms with Gasteiger partial charge >= 0.3 is 0 Å². The molecule has 146 valence electrons. The Morgan fingerprint density at radius 3 is 2.33 bits per heavy atom. The minimum atomic E-state index is -3.40. The lowest BCUT2D eigenvalue weighted by atomic mass is 10.1. The van der Waals surface area contributed by atoms with Crippen LogP contribution in [0, 0.1) is 13.8 Å². The minimum Gasteiger partial charge on any atom is -0.350 e. The van der Waals surface area contributed by atoms with Crippen LogP contribution in [0.2, 0.25) is 0 Å². The van der Waals surface area contributed by atoms with E-state index in [0.717, 1.165) is 11.1 Å². The summed E-state index contributed by atoms with van der Waals surface area (Å²) >= 11 is 0. The molecule has 27 heavy (non-hydrogen) atoms. The van der Waals surface area contributed by atoms with Crippen LogP contribution in [0.3, 0.4) is 0 Å². The maximum atomic E-state index is 12.2. The normalized spacial score (nSPS) is 12.4. The number of hydrogen-bond acceptors (Lipinski definition) is 3. The van der Waals surface area contributed by atoms with Crippen LogP contribution in [-0.4, -0.2) is 27.1 Å². The maximum absolute atomic E-state index is 12.2. The zero-order chi connectivity index (χ0) is 20.0. The molecule has 0 aliphatic heterocycles. The third-order valence-corrected chi connectivity index (χ3v) is 5.60. The molecule has 5 nitrogen and oxygen atoms in total. The Hall–Kier alpha value is -2.34. The predicted octanol–water partition coefficient (Wildman–Crippen LogP) is 3.73. The van der Waals surface area contributed by atoms with E-state index < -0.39 is 10.0 Å². The van der Waals surface area contributed by atoms with Crippen molar-refractivity contribution in [2.75, 3.05) is 17.1 Å². The summed E-state index contributed by atoms with van der Waals surface area (Å²) in [4.78, 5) is 12.2. The van der Waals surface area contributed by atoms with Crippen molar-refractivity contribution >= 4 is 21.6 Å². The van der Waals surface area contributed by atoms with Crippen LogP contribution in [0.4, 0.5) is 5.69 Å². The van der Waals surface area contributed by atoms with Crippen molar-refractivity contribution in [1.82, 2.24) is 5.32 Å². The molecule has 2 rings (SSSR count). The Morgan fingerprint density at radius 1 is 1.07 bits per heavy atom. The van der Waals surface area contributed by atoms with Gasteiger partial charge in [0.2, 0.25) is 15.9 Å². The number of aryl methyl sites for hydroxylation is 2. The summed E-state index contributed by atoms with van der Waals surface area (Å²) in [5, 5.41) is 2.97. The zero-order valence-electron chi connectivity index (χ0n) is 16.4. The third kappa shape index (κ3) is 6.40. The third-order valence-electron chi connectivity index (χ3n) is 4.41. The topological polar surface area (TPSA) is 66.5 Å².